The molecule has 8 nitrogen and oxygen atoms in total. The van der Waals surface area contributed by atoms with Gasteiger partial charge in [0.1, 0.15) is 5.69 Å². The molecule has 8 heteroatoms. The molecule has 0 fully saturated rings. The summed E-state index contributed by atoms with van der Waals surface area (Å²) in [6, 6.07) is 5.96. The first-order valence-electron chi connectivity index (χ1n) is 8.28. The van der Waals surface area contributed by atoms with E-state index in [1.54, 1.807) is 6.20 Å². The Labute approximate surface area is 149 Å². The van der Waals surface area contributed by atoms with E-state index in [9.17, 15) is 4.79 Å². The summed E-state index contributed by atoms with van der Waals surface area (Å²) >= 11 is 0. The van der Waals surface area contributed by atoms with Crippen LogP contribution in [0.5, 0.6) is 0 Å². The van der Waals surface area contributed by atoms with Crippen LogP contribution in [0.25, 0.3) is 28.1 Å². The van der Waals surface area contributed by atoms with Gasteiger partial charge in [0.05, 0.1) is 22.9 Å². The van der Waals surface area contributed by atoms with Crippen LogP contribution in [0, 0.1) is 6.92 Å². The molecule has 3 heterocycles. The highest BCUT2D eigenvalue weighted by Crippen LogP contribution is 2.27. The van der Waals surface area contributed by atoms with Gasteiger partial charge in [-0.05, 0) is 36.6 Å². The molecule has 26 heavy (non-hydrogen) atoms. The summed E-state index contributed by atoms with van der Waals surface area (Å²) in [5.41, 5.74) is 11.1. The van der Waals surface area contributed by atoms with Gasteiger partial charge in [0.25, 0.3) is 0 Å². The molecular weight excluding hydrogens is 332 g/mol. The van der Waals surface area contributed by atoms with Crippen molar-refractivity contribution in [2.45, 2.75) is 13.3 Å². The van der Waals surface area contributed by atoms with Crippen molar-refractivity contribution in [1.29, 1.82) is 0 Å². The minimum absolute atomic E-state index is 0.299. The molecule has 0 unspecified atom stereocenters. The van der Waals surface area contributed by atoms with Gasteiger partial charge in [-0.2, -0.15) is 0 Å². The number of aromatic amines is 1. The number of nitrogen functional groups attached to an aromatic ring is 1. The highest BCUT2D eigenvalue weighted by molar-refractivity contribution is 5.81. The van der Waals surface area contributed by atoms with E-state index in [1.807, 2.05) is 31.2 Å². The minimum Gasteiger partial charge on any atom is -0.465 e. The molecule has 0 bridgehead atoms. The van der Waals surface area contributed by atoms with Crippen LogP contribution in [0.3, 0.4) is 0 Å². The number of nitrogens with zero attached hydrogens (tertiary/aromatic N) is 4. The molecule has 132 valence electrons. The summed E-state index contributed by atoms with van der Waals surface area (Å²) in [6.07, 6.45) is 3.16. The third kappa shape index (κ3) is 2.85. The number of benzene rings is 1. The van der Waals surface area contributed by atoms with Crippen LogP contribution in [0.4, 0.5) is 10.6 Å². The third-order valence-corrected chi connectivity index (χ3v) is 4.47. The number of hydrogen-bond acceptors (Lipinski definition) is 5. The maximum absolute atomic E-state index is 11.0. The second kappa shape index (κ2) is 6.14. The summed E-state index contributed by atoms with van der Waals surface area (Å²) in [5.74, 6) is 0.870. The molecule has 0 atom stereocenters. The lowest BCUT2D eigenvalue weighted by atomic mass is 10.1. The van der Waals surface area contributed by atoms with Gasteiger partial charge in [-0.1, -0.05) is 12.1 Å². The predicted octanol–water partition coefficient (Wildman–Crippen LogP) is 2.68. The number of amides is 1. The van der Waals surface area contributed by atoms with E-state index in [0.29, 0.717) is 42.5 Å². The number of anilines is 1. The molecule has 4 N–H and O–H groups in total. The van der Waals surface area contributed by atoms with Crippen LogP contribution < -0.4 is 5.73 Å². The van der Waals surface area contributed by atoms with Crippen LogP contribution >= 0.6 is 0 Å². The molecule has 0 spiro atoms. The van der Waals surface area contributed by atoms with Gasteiger partial charge in [-0.15, -0.1) is 0 Å². The van der Waals surface area contributed by atoms with Crippen molar-refractivity contribution in [3.8, 4) is 11.5 Å². The fraction of sp³-hybridized carbons (Fsp3) is 0.222. The maximum Gasteiger partial charge on any atom is 0.407 e. The van der Waals surface area contributed by atoms with E-state index in [0.717, 1.165) is 22.2 Å². The van der Waals surface area contributed by atoms with E-state index in [-0.39, 0.29) is 0 Å². The first-order chi connectivity index (χ1) is 12.5. The largest absolute Gasteiger partial charge is 0.465 e. The lowest BCUT2D eigenvalue weighted by Gasteiger charge is -2.23. The van der Waals surface area contributed by atoms with Gasteiger partial charge in [0.2, 0.25) is 0 Å². The van der Waals surface area contributed by atoms with Crippen LogP contribution in [-0.2, 0) is 0 Å². The Morgan fingerprint density at radius 2 is 2.19 bits per heavy atom. The van der Waals surface area contributed by atoms with E-state index >= 15 is 0 Å². The monoisotopic (exact) mass is 350 g/mol. The predicted molar refractivity (Wildman–Crippen MR) is 98.5 cm³/mol. The molecule has 0 saturated carbocycles. The topological polar surface area (TPSA) is 121 Å². The van der Waals surface area contributed by atoms with E-state index in [1.165, 1.54) is 4.90 Å². The van der Waals surface area contributed by atoms with Gasteiger partial charge >= 0.3 is 6.09 Å². The van der Waals surface area contributed by atoms with Gasteiger partial charge < -0.3 is 20.7 Å². The van der Waals surface area contributed by atoms with Crippen LogP contribution in [0.1, 0.15) is 17.7 Å². The minimum atomic E-state index is -0.915. The zero-order valence-corrected chi connectivity index (χ0v) is 14.2. The summed E-state index contributed by atoms with van der Waals surface area (Å²) in [6.45, 7) is 2.80. The van der Waals surface area contributed by atoms with Crippen molar-refractivity contribution in [2.24, 2.45) is 0 Å². The molecule has 4 rings (SSSR count). The number of aryl methyl sites for hydroxylation is 1. The quantitative estimate of drug-likeness (QED) is 0.653. The number of carboxylic acid groups (broad SMARTS) is 1. The van der Waals surface area contributed by atoms with Gasteiger partial charge in [-0.25, -0.2) is 19.7 Å². The highest BCUT2D eigenvalue weighted by atomic mass is 16.4. The molecule has 1 aliphatic heterocycles. The molecule has 0 radical (unpaired) electrons. The number of hydrogen-bond donors (Lipinski definition) is 3. The van der Waals surface area contributed by atoms with Crippen LogP contribution in [0.15, 0.2) is 30.5 Å². The Kier molecular flexibility index (Phi) is 3.80. The number of aromatic nitrogens is 4. The molecule has 2 aromatic heterocycles. The molecule has 3 aromatic rings. The number of nitrogens with one attached hydrogen (secondary N) is 1. The number of nitrogens with two attached hydrogens (primary N) is 1. The summed E-state index contributed by atoms with van der Waals surface area (Å²) in [7, 11) is 0. The zero-order chi connectivity index (χ0) is 18.3. The SMILES string of the molecule is Cc1ccc2nc(-c3nc(C4=CCN(C(=O)O)CC4)cnc3N)[nH]c2c1. The Balaban J connectivity index is 1.71. The van der Waals surface area contributed by atoms with Gasteiger partial charge in [0.15, 0.2) is 11.6 Å². The molecule has 1 amide bonds. The number of rotatable bonds is 2. The van der Waals surface area contributed by atoms with Crippen molar-refractivity contribution in [3.63, 3.8) is 0 Å². The normalized spacial score (nSPS) is 14.5. The molecular formula is C18H18N6O2. The maximum atomic E-state index is 11.0. The van der Waals surface area contributed by atoms with Crippen LogP contribution in [-0.4, -0.2) is 49.1 Å². The molecule has 0 aliphatic carbocycles. The van der Waals surface area contributed by atoms with Gasteiger partial charge in [0, 0.05) is 13.1 Å². The first kappa shape index (κ1) is 16.1. The van der Waals surface area contributed by atoms with Crippen molar-refractivity contribution in [1.82, 2.24) is 24.8 Å². The number of fused-ring (bicyclic) bond motifs is 1. The second-order valence-electron chi connectivity index (χ2n) is 6.30. The first-order valence-corrected chi connectivity index (χ1v) is 8.28. The number of H-pyrrole nitrogens is 1. The fourth-order valence-electron chi connectivity index (χ4n) is 3.04. The fourth-order valence-corrected chi connectivity index (χ4v) is 3.04. The van der Waals surface area contributed by atoms with E-state index in [4.69, 9.17) is 10.8 Å². The second-order valence-corrected chi connectivity index (χ2v) is 6.30. The Bertz CT molecular complexity index is 1040. The third-order valence-electron chi connectivity index (χ3n) is 4.47. The summed E-state index contributed by atoms with van der Waals surface area (Å²) in [5, 5.41) is 9.05. The lowest BCUT2D eigenvalue weighted by Crippen LogP contribution is -2.33. The average molecular weight is 350 g/mol. The van der Waals surface area contributed by atoms with E-state index < -0.39 is 6.09 Å². The summed E-state index contributed by atoms with van der Waals surface area (Å²) in [4.78, 5) is 29.1. The molecule has 1 aromatic carbocycles. The Morgan fingerprint density at radius 3 is 2.92 bits per heavy atom. The van der Waals surface area contributed by atoms with Crippen molar-refractivity contribution in [2.75, 3.05) is 18.8 Å². The number of carbonyl (C=O) groups is 1. The van der Waals surface area contributed by atoms with Crippen LogP contribution in [0.2, 0.25) is 0 Å². The molecule has 1 aliphatic rings. The average Bonchev–Trinajstić information content (AvgIpc) is 3.05. The zero-order valence-electron chi connectivity index (χ0n) is 14.2. The summed E-state index contributed by atoms with van der Waals surface area (Å²) < 4.78 is 0. The number of imidazole rings is 1. The Morgan fingerprint density at radius 1 is 1.35 bits per heavy atom. The van der Waals surface area contributed by atoms with Gasteiger partial charge in [-0.3, -0.25) is 0 Å². The van der Waals surface area contributed by atoms with E-state index in [2.05, 4.69) is 19.9 Å². The standard InChI is InChI=1S/C18H18N6O2/c1-10-2-3-12-13(8-10)23-17(22-12)15-16(19)20-9-14(21-15)11-4-6-24(7-5-11)18(25)26/h2-4,8-9H,5-7H2,1H3,(H2,19,20)(H,22,23)(H,25,26). The highest BCUT2D eigenvalue weighted by Gasteiger charge is 2.19. The Hall–Kier alpha value is -3.42. The van der Waals surface area contributed by atoms with Crippen molar-refractivity contribution < 1.29 is 9.90 Å². The smallest absolute Gasteiger partial charge is 0.407 e. The lowest BCUT2D eigenvalue weighted by molar-refractivity contribution is 0.150. The van der Waals surface area contributed by atoms with Crippen molar-refractivity contribution >= 4 is 28.5 Å². The van der Waals surface area contributed by atoms with Crippen molar-refractivity contribution in [3.05, 3.63) is 41.7 Å². The molecule has 0 saturated heterocycles.